The number of fused-ring (bicyclic) bond motifs is 1. The largest absolute Gasteiger partial charge is 0.338 e. The number of likely N-dealkylation sites (tertiary alicyclic amines) is 1. The molecule has 0 bridgehead atoms. The minimum absolute atomic E-state index is 0.745. The van der Waals surface area contributed by atoms with Crippen LogP contribution in [0.15, 0.2) is 12.3 Å². The summed E-state index contributed by atoms with van der Waals surface area (Å²) in [4.78, 5) is 13.9. The van der Waals surface area contributed by atoms with Crippen LogP contribution in [0.4, 0.5) is 5.95 Å². The first-order chi connectivity index (χ1) is 9.29. The molecule has 0 amide bonds. The van der Waals surface area contributed by atoms with Crippen LogP contribution in [0.1, 0.15) is 25.0 Å². The van der Waals surface area contributed by atoms with Crippen LogP contribution in [-0.4, -0.2) is 47.1 Å². The molecule has 102 valence electrons. The summed E-state index contributed by atoms with van der Waals surface area (Å²) in [6.07, 6.45) is 6.28. The van der Waals surface area contributed by atoms with Crippen LogP contribution in [0.3, 0.4) is 0 Å². The first-order valence-corrected chi connectivity index (χ1v) is 7.58. The molecule has 2 atom stereocenters. The summed E-state index contributed by atoms with van der Waals surface area (Å²) in [5.74, 6) is 2.92. The van der Waals surface area contributed by atoms with Gasteiger partial charge in [-0.25, -0.2) is 9.97 Å². The average molecular weight is 258 g/mol. The second-order valence-electron chi connectivity index (χ2n) is 6.46. The fourth-order valence-electron chi connectivity index (χ4n) is 4.01. The summed E-state index contributed by atoms with van der Waals surface area (Å²) in [6, 6.07) is 2.71. The zero-order valence-electron chi connectivity index (χ0n) is 11.6. The van der Waals surface area contributed by atoms with Crippen molar-refractivity contribution >= 4 is 5.95 Å². The van der Waals surface area contributed by atoms with Crippen molar-refractivity contribution in [2.75, 3.05) is 31.1 Å². The lowest BCUT2D eigenvalue weighted by Gasteiger charge is -2.44. The SMILES string of the molecule is Cc1ccnc(N2CC(N3CC4CCCC4C3)C2)n1. The molecule has 2 unspecified atom stereocenters. The van der Waals surface area contributed by atoms with Gasteiger partial charge in [0.25, 0.3) is 0 Å². The number of hydrogen-bond acceptors (Lipinski definition) is 4. The van der Waals surface area contributed by atoms with Gasteiger partial charge in [0, 0.05) is 44.1 Å². The minimum Gasteiger partial charge on any atom is -0.338 e. The monoisotopic (exact) mass is 258 g/mol. The lowest BCUT2D eigenvalue weighted by atomic mass is 10.0. The lowest BCUT2D eigenvalue weighted by molar-refractivity contribution is 0.189. The predicted octanol–water partition coefficient (Wildman–Crippen LogP) is 1.71. The summed E-state index contributed by atoms with van der Waals surface area (Å²) < 4.78 is 0. The Morgan fingerprint density at radius 3 is 2.53 bits per heavy atom. The number of anilines is 1. The smallest absolute Gasteiger partial charge is 0.225 e. The van der Waals surface area contributed by atoms with Gasteiger partial charge in [0.1, 0.15) is 0 Å². The fourth-order valence-corrected chi connectivity index (χ4v) is 4.01. The first-order valence-electron chi connectivity index (χ1n) is 7.58. The Morgan fingerprint density at radius 1 is 1.11 bits per heavy atom. The van der Waals surface area contributed by atoms with Crippen molar-refractivity contribution < 1.29 is 0 Å². The van der Waals surface area contributed by atoms with Crippen LogP contribution in [0.5, 0.6) is 0 Å². The van der Waals surface area contributed by atoms with E-state index in [-0.39, 0.29) is 0 Å². The molecule has 3 fully saturated rings. The van der Waals surface area contributed by atoms with Crippen molar-refractivity contribution in [1.82, 2.24) is 14.9 Å². The second-order valence-corrected chi connectivity index (χ2v) is 6.46. The molecule has 0 spiro atoms. The van der Waals surface area contributed by atoms with Crippen molar-refractivity contribution in [3.05, 3.63) is 18.0 Å². The van der Waals surface area contributed by atoms with E-state index in [1.807, 2.05) is 19.2 Å². The zero-order chi connectivity index (χ0) is 12.8. The third-order valence-corrected chi connectivity index (χ3v) is 5.20. The van der Waals surface area contributed by atoms with E-state index < -0.39 is 0 Å². The number of rotatable bonds is 2. The molecule has 1 aromatic heterocycles. The van der Waals surface area contributed by atoms with E-state index in [9.17, 15) is 0 Å². The molecule has 3 aliphatic rings. The Morgan fingerprint density at radius 2 is 1.84 bits per heavy atom. The van der Waals surface area contributed by atoms with E-state index in [2.05, 4.69) is 19.8 Å². The van der Waals surface area contributed by atoms with Gasteiger partial charge in [-0.15, -0.1) is 0 Å². The number of nitrogens with zero attached hydrogens (tertiary/aromatic N) is 4. The maximum atomic E-state index is 4.51. The Kier molecular flexibility index (Phi) is 2.72. The predicted molar refractivity (Wildman–Crippen MR) is 75.2 cm³/mol. The van der Waals surface area contributed by atoms with Gasteiger partial charge in [-0.2, -0.15) is 0 Å². The summed E-state index contributed by atoms with van der Waals surface area (Å²) in [7, 11) is 0. The highest BCUT2D eigenvalue weighted by Gasteiger charge is 2.42. The van der Waals surface area contributed by atoms with Gasteiger partial charge in [-0.3, -0.25) is 4.90 Å². The second kappa shape index (κ2) is 4.44. The molecular formula is C15H22N4. The molecule has 0 aromatic carbocycles. The minimum atomic E-state index is 0.745. The normalized spacial score (nSPS) is 31.5. The Labute approximate surface area is 114 Å². The zero-order valence-corrected chi connectivity index (χ0v) is 11.6. The summed E-state index contributed by atoms with van der Waals surface area (Å²) in [5, 5.41) is 0. The summed E-state index contributed by atoms with van der Waals surface area (Å²) in [5.41, 5.74) is 1.06. The maximum Gasteiger partial charge on any atom is 0.225 e. The number of aromatic nitrogens is 2. The Bertz CT molecular complexity index is 457. The molecular weight excluding hydrogens is 236 g/mol. The lowest BCUT2D eigenvalue weighted by Crippen LogP contribution is -2.59. The number of aryl methyl sites for hydroxylation is 1. The maximum absolute atomic E-state index is 4.51. The molecule has 0 radical (unpaired) electrons. The van der Waals surface area contributed by atoms with Crippen molar-refractivity contribution in [3.63, 3.8) is 0 Å². The number of hydrogen-bond donors (Lipinski definition) is 0. The van der Waals surface area contributed by atoms with Crippen LogP contribution in [0.25, 0.3) is 0 Å². The van der Waals surface area contributed by atoms with Crippen molar-refractivity contribution in [2.45, 2.75) is 32.2 Å². The quantitative estimate of drug-likeness (QED) is 0.808. The van der Waals surface area contributed by atoms with E-state index in [0.29, 0.717) is 0 Å². The van der Waals surface area contributed by atoms with Crippen LogP contribution < -0.4 is 4.90 Å². The van der Waals surface area contributed by atoms with Gasteiger partial charge in [-0.1, -0.05) is 6.42 Å². The van der Waals surface area contributed by atoms with Crippen molar-refractivity contribution in [3.8, 4) is 0 Å². The molecule has 4 nitrogen and oxygen atoms in total. The van der Waals surface area contributed by atoms with E-state index in [1.54, 1.807) is 0 Å². The molecule has 4 rings (SSSR count). The molecule has 4 heteroatoms. The fraction of sp³-hybridized carbons (Fsp3) is 0.733. The first kappa shape index (κ1) is 11.6. The highest BCUT2D eigenvalue weighted by molar-refractivity contribution is 5.35. The highest BCUT2D eigenvalue weighted by Crippen LogP contribution is 2.39. The van der Waals surface area contributed by atoms with E-state index in [4.69, 9.17) is 0 Å². The van der Waals surface area contributed by atoms with Crippen molar-refractivity contribution in [1.29, 1.82) is 0 Å². The van der Waals surface area contributed by atoms with Gasteiger partial charge >= 0.3 is 0 Å². The van der Waals surface area contributed by atoms with Gasteiger partial charge < -0.3 is 4.90 Å². The third-order valence-electron chi connectivity index (χ3n) is 5.20. The van der Waals surface area contributed by atoms with Gasteiger partial charge in [0.05, 0.1) is 0 Å². The van der Waals surface area contributed by atoms with Crippen LogP contribution in [0.2, 0.25) is 0 Å². The summed E-state index contributed by atoms with van der Waals surface area (Å²) >= 11 is 0. The standard InChI is InChI=1S/C15H22N4/c1-11-5-6-16-15(17-11)19-9-14(10-19)18-7-12-3-2-4-13(12)8-18/h5-6,12-14H,2-4,7-10H2,1H3. The van der Waals surface area contributed by atoms with Gasteiger partial charge in [0.15, 0.2) is 0 Å². The molecule has 1 aliphatic carbocycles. The van der Waals surface area contributed by atoms with Crippen LogP contribution >= 0.6 is 0 Å². The molecule has 1 saturated carbocycles. The average Bonchev–Trinajstić information content (AvgIpc) is 2.87. The summed E-state index contributed by atoms with van der Waals surface area (Å²) in [6.45, 7) is 6.95. The topological polar surface area (TPSA) is 32.3 Å². The van der Waals surface area contributed by atoms with Crippen molar-refractivity contribution in [2.24, 2.45) is 11.8 Å². The van der Waals surface area contributed by atoms with Crippen LogP contribution in [0, 0.1) is 18.8 Å². The van der Waals surface area contributed by atoms with E-state index in [0.717, 1.165) is 42.6 Å². The molecule has 1 aromatic rings. The van der Waals surface area contributed by atoms with E-state index >= 15 is 0 Å². The Hall–Kier alpha value is -1.16. The van der Waals surface area contributed by atoms with Crippen LogP contribution in [-0.2, 0) is 0 Å². The van der Waals surface area contributed by atoms with E-state index in [1.165, 1.54) is 32.4 Å². The molecule has 3 heterocycles. The molecule has 0 N–H and O–H groups in total. The molecule has 2 aliphatic heterocycles. The highest BCUT2D eigenvalue weighted by atomic mass is 15.4. The molecule has 2 saturated heterocycles. The van der Waals surface area contributed by atoms with Gasteiger partial charge in [-0.05, 0) is 37.7 Å². The third kappa shape index (κ3) is 2.02. The molecule has 19 heavy (non-hydrogen) atoms. The Balaban J connectivity index is 1.36. The van der Waals surface area contributed by atoms with Gasteiger partial charge in [0.2, 0.25) is 5.95 Å².